The number of ether oxygens (including phenoxy) is 1. The number of aryl methyl sites for hydroxylation is 1. The topological polar surface area (TPSA) is 38.3 Å². The minimum Gasteiger partial charge on any atom is -0.496 e. The molecule has 0 radical (unpaired) electrons. The Morgan fingerprint density at radius 2 is 2.25 bits per heavy atom. The average molecular weight is 219 g/mol. The first kappa shape index (κ1) is 11.0. The van der Waals surface area contributed by atoms with Crippen molar-refractivity contribution >= 4 is 5.91 Å². The highest BCUT2D eigenvalue weighted by atomic mass is 16.5. The molecular weight excluding hydrogens is 202 g/mol. The number of carbonyl (C=O) groups is 1. The van der Waals surface area contributed by atoms with Crippen molar-refractivity contribution < 1.29 is 9.53 Å². The molecule has 1 aliphatic carbocycles. The Bertz CT molecular complexity index is 397. The predicted molar refractivity (Wildman–Crippen MR) is 62.6 cm³/mol. The second-order valence-corrected chi connectivity index (χ2v) is 4.33. The van der Waals surface area contributed by atoms with Crippen molar-refractivity contribution in [1.82, 2.24) is 5.32 Å². The highest BCUT2D eigenvalue weighted by Crippen LogP contribution is 2.22. The highest BCUT2D eigenvalue weighted by Gasteiger charge is 2.23. The molecule has 1 aromatic carbocycles. The first-order chi connectivity index (χ1) is 7.69. The zero-order chi connectivity index (χ0) is 11.5. The van der Waals surface area contributed by atoms with Crippen molar-refractivity contribution in [2.75, 3.05) is 7.11 Å². The van der Waals surface area contributed by atoms with Gasteiger partial charge in [0.05, 0.1) is 13.5 Å². The maximum Gasteiger partial charge on any atom is 0.224 e. The number of carbonyl (C=O) groups excluding carboxylic acids is 1. The Hall–Kier alpha value is -1.51. The number of rotatable bonds is 4. The monoisotopic (exact) mass is 219 g/mol. The molecule has 0 bridgehead atoms. The summed E-state index contributed by atoms with van der Waals surface area (Å²) in [5.74, 6) is 0.878. The van der Waals surface area contributed by atoms with Gasteiger partial charge in [-0.15, -0.1) is 0 Å². The molecule has 16 heavy (non-hydrogen) atoms. The summed E-state index contributed by atoms with van der Waals surface area (Å²) in [6, 6.07) is 6.32. The number of amides is 1. The van der Waals surface area contributed by atoms with Crippen LogP contribution < -0.4 is 10.1 Å². The van der Waals surface area contributed by atoms with Gasteiger partial charge in [-0.25, -0.2) is 0 Å². The molecule has 1 aliphatic rings. The standard InChI is InChI=1S/C13H17NO2/c1-9-3-6-12(16-2)10(7-9)8-13(15)14-11-4-5-11/h3,6-7,11H,4-5,8H2,1-2H3,(H,14,15). The molecule has 3 nitrogen and oxygen atoms in total. The van der Waals surface area contributed by atoms with E-state index in [1.807, 2.05) is 25.1 Å². The molecule has 1 amide bonds. The fourth-order valence-corrected chi connectivity index (χ4v) is 1.72. The van der Waals surface area contributed by atoms with E-state index < -0.39 is 0 Å². The minimum atomic E-state index is 0.0893. The quantitative estimate of drug-likeness (QED) is 0.839. The number of methoxy groups -OCH3 is 1. The van der Waals surface area contributed by atoms with Crippen molar-refractivity contribution in [3.05, 3.63) is 29.3 Å². The molecule has 1 fully saturated rings. The van der Waals surface area contributed by atoms with Crippen LogP contribution >= 0.6 is 0 Å². The van der Waals surface area contributed by atoms with Gasteiger partial charge in [0.25, 0.3) is 0 Å². The molecule has 0 heterocycles. The lowest BCUT2D eigenvalue weighted by molar-refractivity contribution is -0.120. The third kappa shape index (κ3) is 2.75. The molecule has 86 valence electrons. The lowest BCUT2D eigenvalue weighted by Gasteiger charge is -2.09. The van der Waals surface area contributed by atoms with E-state index in [4.69, 9.17) is 4.74 Å². The zero-order valence-electron chi connectivity index (χ0n) is 9.75. The van der Waals surface area contributed by atoms with E-state index >= 15 is 0 Å². The molecule has 0 saturated heterocycles. The van der Waals surface area contributed by atoms with Gasteiger partial charge in [-0.2, -0.15) is 0 Å². The summed E-state index contributed by atoms with van der Waals surface area (Å²) < 4.78 is 5.24. The lowest BCUT2D eigenvalue weighted by Crippen LogP contribution is -2.27. The molecule has 0 atom stereocenters. The van der Waals surface area contributed by atoms with Crippen LogP contribution in [0.3, 0.4) is 0 Å². The van der Waals surface area contributed by atoms with Crippen LogP contribution in [-0.2, 0) is 11.2 Å². The highest BCUT2D eigenvalue weighted by molar-refractivity contribution is 5.80. The van der Waals surface area contributed by atoms with Crippen LogP contribution in [0.15, 0.2) is 18.2 Å². The van der Waals surface area contributed by atoms with Gasteiger partial charge in [0, 0.05) is 11.6 Å². The Labute approximate surface area is 95.8 Å². The van der Waals surface area contributed by atoms with E-state index in [0.717, 1.165) is 29.7 Å². The smallest absolute Gasteiger partial charge is 0.224 e. The van der Waals surface area contributed by atoms with Gasteiger partial charge in [-0.3, -0.25) is 4.79 Å². The van der Waals surface area contributed by atoms with E-state index in [1.165, 1.54) is 0 Å². The largest absolute Gasteiger partial charge is 0.496 e. The van der Waals surface area contributed by atoms with E-state index in [0.29, 0.717) is 12.5 Å². The summed E-state index contributed by atoms with van der Waals surface area (Å²) in [6.07, 6.45) is 2.65. The predicted octanol–water partition coefficient (Wildman–Crippen LogP) is 1.82. The lowest BCUT2D eigenvalue weighted by atomic mass is 10.1. The Balaban J connectivity index is 2.05. The van der Waals surface area contributed by atoms with Gasteiger partial charge in [0.1, 0.15) is 5.75 Å². The van der Waals surface area contributed by atoms with E-state index in [1.54, 1.807) is 7.11 Å². The Morgan fingerprint density at radius 1 is 1.50 bits per heavy atom. The number of benzene rings is 1. The van der Waals surface area contributed by atoms with E-state index in [2.05, 4.69) is 5.32 Å². The van der Waals surface area contributed by atoms with Crippen LogP contribution in [0.1, 0.15) is 24.0 Å². The number of hydrogen-bond acceptors (Lipinski definition) is 2. The van der Waals surface area contributed by atoms with Gasteiger partial charge >= 0.3 is 0 Å². The summed E-state index contributed by atoms with van der Waals surface area (Å²) >= 11 is 0. The van der Waals surface area contributed by atoms with Gasteiger partial charge < -0.3 is 10.1 Å². The van der Waals surface area contributed by atoms with Gasteiger partial charge in [0.15, 0.2) is 0 Å². The van der Waals surface area contributed by atoms with Crippen LogP contribution in [0, 0.1) is 6.92 Å². The van der Waals surface area contributed by atoms with Crippen LogP contribution in [0.4, 0.5) is 0 Å². The SMILES string of the molecule is COc1ccc(C)cc1CC(=O)NC1CC1. The first-order valence-electron chi connectivity index (χ1n) is 5.62. The maximum atomic E-state index is 11.7. The zero-order valence-corrected chi connectivity index (χ0v) is 9.75. The summed E-state index contributed by atoms with van der Waals surface area (Å²) in [7, 11) is 1.63. The molecule has 1 aromatic rings. The molecule has 0 unspecified atom stereocenters. The van der Waals surface area contributed by atoms with Gasteiger partial charge in [-0.1, -0.05) is 17.7 Å². The number of nitrogens with one attached hydrogen (secondary N) is 1. The van der Waals surface area contributed by atoms with Crippen molar-refractivity contribution in [2.45, 2.75) is 32.2 Å². The average Bonchev–Trinajstić information content (AvgIpc) is 3.02. The van der Waals surface area contributed by atoms with Crippen LogP contribution in [0.25, 0.3) is 0 Å². The molecule has 3 heteroatoms. The third-order valence-electron chi connectivity index (χ3n) is 2.73. The second kappa shape index (κ2) is 4.56. The third-order valence-corrected chi connectivity index (χ3v) is 2.73. The molecule has 0 aromatic heterocycles. The number of hydrogen-bond donors (Lipinski definition) is 1. The maximum absolute atomic E-state index is 11.7. The molecule has 0 spiro atoms. The van der Waals surface area contributed by atoms with Crippen molar-refractivity contribution in [2.24, 2.45) is 0 Å². The van der Waals surface area contributed by atoms with Crippen LogP contribution in [0.5, 0.6) is 5.75 Å². The minimum absolute atomic E-state index is 0.0893. The fourth-order valence-electron chi connectivity index (χ4n) is 1.72. The summed E-state index contributed by atoms with van der Waals surface area (Å²) in [4.78, 5) is 11.7. The second-order valence-electron chi connectivity index (χ2n) is 4.33. The van der Waals surface area contributed by atoms with E-state index in [9.17, 15) is 4.79 Å². The van der Waals surface area contributed by atoms with Crippen LogP contribution in [-0.4, -0.2) is 19.1 Å². The van der Waals surface area contributed by atoms with Gasteiger partial charge in [-0.05, 0) is 25.8 Å². The normalized spacial score (nSPS) is 14.6. The molecule has 1 N–H and O–H groups in total. The fraction of sp³-hybridized carbons (Fsp3) is 0.462. The molecular formula is C13H17NO2. The van der Waals surface area contributed by atoms with Gasteiger partial charge in [0.2, 0.25) is 5.91 Å². The first-order valence-corrected chi connectivity index (χ1v) is 5.62. The van der Waals surface area contributed by atoms with Crippen LogP contribution in [0.2, 0.25) is 0 Å². The molecule has 0 aliphatic heterocycles. The van der Waals surface area contributed by atoms with Crippen molar-refractivity contribution in [3.63, 3.8) is 0 Å². The summed E-state index contributed by atoms with van der Waals surface area (Å²) in [5.41, 5.74) is 2.11. The Kier molecular flexibility index (Phi) is 3.13. The van der Waals surface area contributed by atoms with E-state index in [-0.39, 0.29) is 5.91 Å². The van der Waals surface area contributed by atoms with Crippen molar-refractivity contribution in [1.29, 1.82) is 0 Å². The van der Waals surface area contributed by atoms with Crippen molar-refractivity contribution in [3.8, 4) is 5.75 Å². The Morgan fingerprint density at radius 3 is 2.88 bits per heavy atom. The summed E-state index contributed by atoms with van der Waals surface area (Å²) in [6.45, 7) is 2.02. The molecule has 1 saturated carbocycles. The summed E-state index contributed by atoms with van der Waals surface area (Å²) in [5, 5.41) is 2.98. The molecule has 2 rings (SSSR count).